The third-order valence-corrected chi connectivity index (χ3v) is 4.82. The van der Waals surface area contributed by atoms with Crippen molar-refractivity contribution in [3.8, 4) is 17.3 Å². The van der Waals surface area contributed by atoms with Gasteiger partial charge in [-0.2, -0.15) is 10.4 Å². The molecule has 0 spiro atoms. The van der Waals surface area contributed by atoms with Crippen LogP contribution in [0.5, 0.6) is 0 Å². The van der Waals surface area contributed by atoms with Crippen LogP contribution in [0.15, 0.2) is 49.3 Å². The molecule has 0 fully saturated rings. The Morgan fingerprint density at radius 1 is 1.27 bits per heavy atom. The van der Waals surface area contributed by atoms with E-state index in [1.54, 1.807) is 30.0 Å². The summed E-state index contributed by atoms with van der Waals surface area (Å²) in [6.07, 6.45) is 10.6. The number of hydrogen-bond donors (Lipinski definition) is 1. The lowest BCUT2D eigenvalue weighted by atomic mass is 10.00. The van der Waals surface area contributed by atoms with Crippen molar-refractivity contribution in [2.75, 3.05) is 6.54 Å². The quantitative estimate of drug-likeness (QED) is 0.718. The average Bonchev–Trinajstić information content (AvgIpc) is 3.30. The van der Waals surface area contributed by atoms with Crippen LogP contribution >= 0.6 is 11.6 Å². The molecule has 130 valence electrons. The molecule has 0 aliphatic carbocycles. The van der Waals surface area contributed by atoms with Crippen molar-refractivity contribution < 1.29 is 0 Å². The molecule has 1 atom stereocenters. The van der Waals surface area contributed by atoms with Crippen LogP contribution in [0.1, 0.15) is 24.1 Å². The first-order valence-corrected chi connectivity index (χ1v) is 8.45. The lowest BCUT2D eigenvalue weighted by Crippen LogP contribution is -2.42. The summed E-state index contributed by atoms with van der Waals surface area (Å²) in [6.45, 7) is 2.70. The molecule has 2 N–H and O–H groups in total. The van der Waals surface area contributed by atoms with E-state index in [9.17, 15) is 5.26 Å². The molecule has 1 aliphatic heterocycles. The molecule has 0 amide bonds. The van der Waals surface area contributed by atoms with Gasteiger partial charge in [-0.3, -0.25) is 20.2 Å². The molecule has 0 aromatic carbocycles. The van der Waals surface area contributed by atoms with E-state index in [2.05, 4.69) is 23.0 Å². The van der Waals surface area contributed by atoms with Gasteiger partial charge in [-0.25, -0.2) is 4.98 Å². The van der Waals surface area contributed by atoms with Crippen molar-refractivity contribution in [3.05, 3.63) is 65.5 Å². The van der Waals surface area contributed by atoms with E-state index < -0.39 is 0 Å². The molecule has 1 aliphatic rings. The van der Waals surface area contributed by atoms with Crippen LogP contribution in [0.4, 0.5) is 0 Å². The minimum Gasteiger partial charge on any atom is -0.297 e. The average molecular weight is 366 g/mol. The molecule has 4 heterocycles. The summed E-state index contributed by atoms with van der Waals surface area (Å²) in [5.74, 6) is 6.07. The number of aromatic nitrogens is 3. The molecule has 1 unspecified atom stereocenters. The van der Waals surface area contributed by atoms with E-state index in [1.807, 2.05) is 33.8 Å². The van der Waals surface area contributed by atoms with E-state index >= 15 is 0 Å². The van der Waals surface area contributed by atoms with Crippen molar-refractivity contribution in [1.82, 2.24) is 24.5 Å². The monoisotopic (exact) mass is 365 g/mol. The summed E-state index contributed by atoms with van der Waals surface area (Å²) < 4.78 is 1.92. The molecule has 4 rings (SSSR count). The maximum absolute atomic E-state index is 9.24. The second-order valence-corrected chi connectivity index (χ2v) is 6.49. The van der Waals surface area contributed by atoms with Gasteiger partial charge in [-0.05, 0) is 25.1 Å². The largest absolute Gasteiger partial charge is 0.297 e. The fourth-order valence-electron chi connectivity index (χ4n) is 3.26. The Balaban J connectivity index is 1.97. The van der Waals surface area contributed by atoms with Gasteiger partial charge in [0.2, 0.25) is 0 Å². The van der Waals surface area contributed by atoms with Crippen LogP contribution < -0.4 is 5.84 Å². The molecular formula is C18H16ClN7. The lowest BCUT2D eigenvalue weighted by Gasteiger charge is -2.32. The van der Waals surface area contributed by atoms with E-state index in [0.29, 0.717) is 17.1 Å². The highest BCUT2D eigenvalue weighted by molar-refractivity contribution is 6.34. The highest BCUT2D eigenvalue weighted by Gasteiger charge is 2.25. The second-order valence-electron chi connectivity index (χ2n) is 6.08. The van der Waals surface area contributed by atoms with Crippen molar-refractivity contribution in [2.24, 2.45) is 5.84 Å². The van der Waals surface area contributed by atoms with Crippen LogP contribution in [0.2, 0.25) is 5.02 Å². The summed E-state index contributed by atoms with van der Waals surface area (Å²) in [7, 11) is 0. The second kappa shape index (κ2) is 6.42. The summed E-state index contributed by atoms with van der Waals surface area (Å²) in [6, 6.07) is 5.80. The minimum atomic E-state index is -0.0798. The van der Waals surface area contributed by atoms with Gasteiger partial charge in [0.1, 0.15) is 6.07 Å². The van der Waals surface area contributed by atoms with E-state index in [4.69, 9.17) is 17.4 Å². The molecule has 0 radical (unpaired) electrons. The number of nitrogens with two attached hydrogens (primary N) is 1. The number of nitriles is 1. The van der Waals surface area contributed by atoms with Gasteiger partial charge in [0.25, 0.3) is 0 Å². The number of hydrazine groups is 2. The molecule has 0 bridgehead atoms. The van der Waals surface area contributed by atoms with Crippen LogP contribution in [-0.2, 0) is 0 Å². The van der Waals surface area contributed by atoms with Gasteiger partial charge in [-0.15, -0.1) is 0 Å². The van der Waals surface area contributed by atoms with E-state index in [1.165, 1.54) is 0 Å². The minimum absolute atomic E-state index is 0.0798. The van der Waals surface area contributed by atoms with Gasteiger partial charge in [0, 0.05) is 29.7 Å². The highest BCUT2D eigenvalue weighted by Crippen LogP contribution is 2.36. The smallest absolute Gasteiger partial charge is 0.101 e. The van der Waals surface area contributed by atoms with Crippen LogP contribution in [0.3, 0.4) is 0 Å². The highest BCUT2D eigenvalue weighted by atomic mass is 35.5. The zero-order chi connectivity index (χ0) is 18.3. The third kappa shape index (κ3) is 2.61. The number of fused-ring (bicyclic) bond motifs is 1. The fraction of sp³-hybridized carbons (Fsp3) is 0.167. The van der Waals surface area contributed by atoms with Gasteiger partial charge < -0.3 is 0 Å². The zero-order valence-electron chi connectivity index (χ0n) is 14.0. The molecule has 3 aromatic rings. The Morgan fingerprint density at radius 2 is 2.12 bits per heavy atom. The molecule has 0 saturated carbocycles. The summed E-state index contributed by atoms with van der Waals surface area (Å²) in [5.41, 5.74) is 3.94. The summed E-state index contributed by atoms with van der Waals surface area (Å²) in [5, 5.41) is 13.4. The molecule has 7 nitrogen and oxygen atoms in total. The Morgan fingerprint density at radius 3 is 2.85 bits per heavy atom. The number of imidazole rings is 1. The number of nitrogens with zero attached hydrogens (tertiary/aromatic N) is 6. The Kier molecular flexibility index (Phi) is 4.09. The zero-order valence-corrected chi connectivity index (χ0v) is 14.8. The standard InChI is InChI=1S/C18H16ClN7/c1-12(25-3-2-4-26(25)21)15-6-16(19)17-10-23-11-24(17)18(15)14-5-13(7-20)8-22-9-14/h2-3,5-6,8-12H,4,21H2,1H3. The van der Waals surface area contributed by atoms with Crippen molar-refractivity contribution in [1.29, 1.82) is 5.26 Å². The first-order chi connectivity index (χ1) is 12.6. The SMILES string of the molecule is CC(c1cc(Cl)c2cncn2c1-c1cncc(C#N)c1)N1C=CCN1N. The first kappa shape index (κ1) is 16.5. The molecular weight excluding hydrogens is 350 g/mol. The van der Waals surface area contributed by atoms with Crippen LogP contribution in [0.25, 0.3) is 16.8 Å². The van der Waals surface area contributed by atoms with E-state index in [-0.39, 0.29) is 6.04 Å². The van der Waals surface area contributed by atoms with Gasteiger partial charge in [-0.1, -0.05) is 11.6 Å². The maximum atomic E-state index is 9.24. The predicted octanol–water partition coefficient (Wildman–Crippen LogP) is 2.90. The lowest BCUT2D eigenvalue weighted by molar-refractivity contribution is 0.0158. The topological polar surface area (TPSA) is 86.5 Å². The third-order valence-electron chi connectivity index (χ3n) is 4.51. The normalized spacial score (nSPS) is 15.5. The summed E-state index contributed by atoms with van der Waals surface area (Å²) in [4.78, 5) is 8.44. The molecule has 26 heavy (non-hydrogen) atoms. The molecule has 8 heteroatoms. The number of hydrogen-bond acceptors (Lipinski definition) is 6. The maximum Gasteiger partial charge on any atom is 0.101 e. The first-order valence-electron chi connectivity index (χ1n) is 8.07. The van der Waals surface area contributed by atoms with Gasteiger partial charge in [0.05, 0.1) is 46.9 Å². The Hall–Kier alpha value is -2.92. The van der Waals surface area contributed by atoms with Crippen molar-refractivity contribution in [3.63, 3.8) is 0 Å². The van der Waals surface area contributed by atoms with Gasteiger partial charge in [0.15, 0.2) is 0 Å². The van der Waals surface area contributed by atoms with E-state index in [0.717, 1.165) is 22.3 Å². The van der Waals surface area contributed by atoms with Crippen LogP contribution in [-0.4, -0.2) is 31.0 Å². The van der Waals surface area contributed by atoms with Crippen molar-refractivity contribution >= 4 is 17.1 Å². The van der Waals surface area contributed by atoms with Crippen LogP contribution in [0, 0.1) is 11.3 Å². The number of halogens is 1. The van der Waals surface area contributed by atoms with Gasteiger partial charge >= 0.3 is 0 Å². The predicted molar refractivity (Wildman–Crippen MR) is 98.4 cm³/mol. The fourth-order valence-corrected chi connectivity index (χ4v) is 3.52. The Labute approximate surface area is 155 Å². The Bertz CT molecular complexity index is 1050. The number of pyridine rings is 2. The van der Waals surface area contributed by atoms with Crippen molar-refractivity contribution in [2.45, 2.75) is 13.0 Å². The molecule has 3 aromatic heterocycles. The number of rotatable bonds is 3. The molecule has 0 saturated heterocycles. The summed E-state index contributed by atoms with van der Waals surface area (Å²) >= 11 is 6.50.